The van der Waals surface area contributed by atoms with Gasteiger partial charge in [-0.1, -0.05) is 32.0 Å². The molecule has 21 heavy (non-hydrogen) atoms. The molecule has 1 aromatic carbocycles. The van der Waals surface area contributed by atoms with E-state index in [4.69, 9.17) is 0 Å². The minimum absolute atomic E-state index is 0.0168. The summed E-state index contributed by atoms with van der Waals surface area (Å²) < 4.78 is 29.7. The lowest BCUT2D eigenvalue weighted by molar-refractivity contribution is -0.140. The van der Waals surface area contributed by atoms with Crippen molar-refractivity contribution in [1.82, 2.24) is 4.90 Å². The molecule has 0 radical (unpaired) electrons. The largest absolute Gasteiger partial charge is 0.481 e. The van der Waals surface area contributed by atoms with E-state index in [9.17, 15) is 18.7 Å². The normalized spacial score (nSPS) is 14.2. The fourth-order valence-corrected chi connectivity index (χ4v) is 2.70. The van der Waals surface area contributed by atoms with E-state index in [1.54, 1.807) is 25.1 Å². The maximum Gasteiger partial charge on any atom is 0.387 e. The van der Waals surface area contributed by atoms with E-state index in [0.717, 1.165) is 0 Å². The van der Waals surface area contributed by atoms with E-state index < -0.39 is 18.1 Å². The van der Waals surface area contributed by atoms with Crippen molar-refractivity contribution in [3.05, 3.63) is 29.8 Å². The molecule has 4 nitrogen and oxygen atoms in total. The molecule has 1 atom stereocenters. The SMILES string of the molecule is CCN(CC)C(C)(CC(=O)O)c1ccccc1OC(F)F. The van der Waals surface area contributed by atoms with Crippen LogP contribution in [0.5, 0.6) is 5.75 Å². The topological polar surface area (TPSA) is 49.8 Å². The summed E-state index contributed by atoms with van der Waals surface area (Å²) in [5, 5.41) is 9.21. The van der Waals surface area contributed by atoms with E-state index in [-0.39, 0.29) is 12.2 Å². The van der Waals surface area contributed by atoms with Gasteiger partial charge < -0.3 is 9.84 Å². The average Bonchev–Trinajstić information content (AvgIpc) is 2.38. The van der Waals surface area contributed by atoms with Gasteiger partial charge in [0.1, 0.15) is 5.75 Å². The van der Waals surface area contributed by atoms with Crippen LogP contribution in [0.3, 0.4) is 0 Å². The first-order chi connectivity index (χ1) is 9.85. The quantitative estimate of drug-likeness (QED) is 0.800. The summed E-state index contributed by atoms with van der Waals surface area (Å²) in [4.78, 5) is 13.2. The zero-order valence-corrected chi connectivity index (χ0v) is 12.5. The summed E-state index contributed by atoms with van der Waals surface area (Å²) in [7, 11) is 0. The molecule has 0 amide bonds. The molecule has 6 heteroatoms. The summed E-state index contributed by atoms with van der Waals surface area (Å²) in [6.07, 6.45) is -0.196. The lowest BCUT2D eigenvalue weighted by Crippen LogP contribution is -2.45. The lowest BCUT2D eigenvalue weighted by atomic mass is 9.85. The molecular weight excluding hydrogens is 280 g/mol. The number of para-hydroxylation sites is 1. The molecule has 0 aliphatic carbocycles. The van der Waals surface area contributed by atoms with Gasteiger partial charge in [0.25, 0.3) is 0 Å². The summed E-state index contributed by atoms with van der Waals surface area (Å²) >= 11 is 0. The Hall–Kier alpha value is -1.69. The van der Waals surface area contributed by atoms with Crippen molar-refractivity contribution < 1.29 is 23.4 Å². The minimum atomic E-state index is -2.95. The molecule has 0 bridgehead atoms. The predicted octanol–water partition coefficient (Wildman–Crippen LogP) is 3.32. The third-order valence-electron chi connectivity index (χ3n) is 3.64. The van der Waals surface area contributed by atoms with Crippen LogP contribution in [0.25, 0.3) is 0 Å². The van der Waals surface area contributed by atoms with Crippen molar-refractivity contribution in [2.24, 2.45) is 0 Å². The van der Waals surface area contributed by atoms with Crippen molar-refractivity contribution in [3.8, 4) is 5.75 Å². The van der Waals surface area contributed by atoms with Gasteiger partial charge in [0.2, 0.25) is 0 Å². The van der Waals surface area contributed by atoms with Gasteiger partial charge in [-0.2, -0.15) is 8.78 Å². The van der Waals surface area contributed by atoms with Gasteiger partial charge in [-0.15, -0.1) is 0 Å². The highest BCUT2D eigenvalue weighted by atomic mass is 19.3. The van der Waals surface area contributed by atoms with E-state index >= 15 is 0 Å². The molecule has 1 rings (SSSR count). The monoisotopic (exact) mass is 301 g/mol. The van der Waals surface area contributed by atoms with Crippen LogP contribution < -0.4 is 4.74 Å². The molecule has 1 aromatic rings. The van der Waals surface area contributed by atoms with E-state index in [1.807, 2.05) is 18.7 Å². The fraction of sp³-hybridized carbons (Fsp3) is 0.533. The second-order valence-corrected chi connectivity index (χ2v) is 4.89. The van der Waals surface area contributed by atoms with Crippen LogP contribution >= 0.6 is 0 Å². The van der Waals surface area contributed by atoms with Gasteiger partial charge >= 0.3 is 12.6 Å². The number of nitrogens with zero attached hydrogens (tertiary/aromatic N) is 1. The Bertz CT molecular complexity index is 478. The molecule has 0 aliphatic rings. The number of carboxylic acid groups (broad SMARTS) is 1. The van der Waals surface area contributed by atoms with Crippen LogP contribution in [0.2, 0.25) is 0 Å². The fourth-order valence-electron chi connectivity index (χ4n) is 2.70. The van der Waals surface area contributed by atoms with Gasteiger partial charge in [0.05, 0.1) is 12.0 Å². The highest BCUT2D eigenvalue weighted by molar-refractivity contribution is 5.69. The van der Waals surface area contributed by atoms with Crippen LogP contribution in [0, 0.1) is 0 Å². The molecule has 0 fully saturated rings. The zero-order chi connectivity index (χ0) is 16.0. The van der Waals surface area contributed by atoms with Crippen LogP contribution in [-0.2, 0) is 10.3 Å². The zero-order valence-electron chi connectivity index (χ0n) is 12.5. The second-order valence-electron chi connectivity index (χ2n) is 4.89. The average molecular weight is 301 g/mol. The number of carboxylic acids is 1. The van der Waals surface area contributed by atoms with Crippen molar-refractivity contribution in [2.45, 2.75) is 39.3 Å². The van der Waals surface area contributed by atoms with Crippen molar-refractivity contribution >= 4 is 5.97 Å². The lowest BCUT2D eigenvalue weighted by Gasteiger charge is -2.40. The Morgan fingerprint density at radius 2 is 1.90 bits per heavy atom. The summed E-state index contributed by atoms with van der Waals surface area (Å²) in [6.45, 7) is 3.80. The molecule has 0 spiro atoms. The third-order valence-corrected chi connectivity index (χ3v) is 3.64. The Kier molecular flexibility index (Phi) is 6.08. The molecule has 0 aromatic heterocycles. The number of hydrogen-bond acceptors (Lipinski definition) is 3. The Balaban J connectivity index is 3.35. The molecule has 0 saturated heterocycles. The van der Waals surface area contributed by atoms with Gasteiger partial charge in [-0.25, -0.2) is 0 Å². The highest BCUT2D eigenvalue weighted by Gasteiger charge is 2.37. The van der Waals surface area contributed by atoms with Crippen LogP contribution in [0.4, 0.5) is 8.78 Å². The Morgan fingerprint density at radius 3 is 2.38 bits per heavy atom. The van der Waals surface area contributed by atoms with E-state index in [1.165, 1.54) is 6.07 Å². The highest BCUT2D eigenvalue weighted by Crippen LogP contribution is 2.38. The van der Waals surface area contributed by atoms with Gasteiger partial charge in [0, 0.05) is 5.56 Å². The van der Waals surface area contributed by atoms with Crippen molar-refractivity contribution in [1.29, 1.82) is 0 Å². The first-order valence-corrected chi connectivity index (χ1v) is 6.86. The number of carbonyl (C=O) groups is 1. The van der Waals surface area contributed by atoms with Crippen LogP contribution in [0.15, 0.2) is 24.3 Å². The standard InChI is InChI=1S/C15H21F2NO3/c1-4-18(5-2)15(3,10-13(19)20)11-8-6-7-9-12(11)21-14(16)17/h6-9,14H,4-5,10H2,1-3H3,(H,19,20). The van der Waals surface area contributed by atoms with Crippen molar-refractivity contribution in [2.75, 3.05) is 13.1 Å². The van der Waals surface area contributed by atoms with Gasteiger partial charge in [-0.05, 0) is 26.1 Å². The smallest absolute Gasteiger partial charge is 0.387 e. The maximum absolute atomic E-state index is 12.6. The summed E-state index contributed by atoms with van der Waals surface area (Å²) in [6, 6.07) is 6.35. The number of alkyl halides is 2. The van der Waals surface area contributed by atoms with Gasteiger partial charge in [0.15, 0.2) is 0 Å². The van der Waals surface area contributed by atoms with Gasteiger partial charge in [-0.3, -0.25) is 9.69 Å². The van der Waals surface area contributed by atoms with E-state index in [2.05, 4.69) is 4.74 Å². The molecule has 1 N–H and O–H groups in total. The number of ether oxygens (including phenoxy) is 1. The number of halogens is 2. The van der Waals surface area contributed by atoms with Crippen LogP contribution in [0.1, 0.15) is 32.8 Å². The maximum atomic E-state index is 12.6. The number of benzene rings is 1. The molecule has 0 aliphatic heterocycles. The molecule has 0 heterocycles. The van der Waals surface area contributed by atoms with Crippen LogP contribution in [-0.4, -0.2) is 35.7 Å². The summed E-state index contributed by atoms with van der Waals surface area (Å²) in [5.74, 6) is -0.973. The molecule has 0 saturated carbocycles. The predicted molar refractivity (Wildman–Crippen MR) is 75.6 cm³/mol. The first kappa shape index (κ1) is 17.4. The molecule has 118 valence electrons. The Morgan fingerprint density at radius 1 is 1.33 bits per heavy atom. The summed E-state index contributed by atoms with van der Waals surface area (Å²) in [5.41, 5.74) is -0.461. The van der Waals surface area contributed by atoms with E-state index in [0.29, 0.717) is 18.7 Å². The minimum Gasteiger partial charge on any atom is -0.481 e. The van der Waals surface area contributed by atoms with Crippen molar-refractivity contribution in [3.63, 3.8) is 0 Å². The number of aliphatic carboxylic acids is 1. The molecule has 1 unspecified atom stereocenters. The number of hydrogen-bond donors (Lipinski definition) is 1. The number of rotatable bonds is 8. The second kappa shape index (κ2) is 7.36. The molecular formula is C15H21F2NO3. The first-order valence-electron chi connectivity index (χ1n) is 6.86. The Labute approximate surface area is 123 Å². The third kappa shape index (κ3) is 4.14.